The maximum Gasteiger partial charge on any atom is 0.118 e. The van der Waals surface area contributed by atoms with Gasteiger partial charge in [0.25, 0.3) is 0 Å². The van der Waals surface area contributed by atoms with E-state index in [0.29, 0.717) is 6.10 Å². The number of hydrogen-bond acceptors (Lipinski definition) is 2. The first-order valence-corrected chi connectivity index (χ1v) is 6.20. The van der Waals surface area contributed by atoms with Gasteiger partial charge in [0.15, 0.2) is 0 Å². The third-order valence-corrected chi connectivity index (χ3v) is 3.31. The molecule has 1 fully saturated rings. The van der Waals surface area contributed by atoms with Crippen LogP contribution < -0.4 is 4.74 Å². The average molecular weight is 242 g/mol. The molecule has 18 heavy (non-hydrogen) atoms. The first-order valence-electron chi connectivity index (χ1n) is 6.20. The van der Waals surface area contributed by atoms with E-state index in [1.807, 2.05) is 18.2 Å². The minimum absolute atomic E-state index is 0.246. The van der Waals surface area contributed by atoms with Crippen molar-refractivity contribution in [2.45, 2.75) is 18.6 Å². The Morgan fingerprint density at radius 1 is 1.00 bits per heavy atom. The highest BCUT2D eigenvalue weighted by molar-refractivity contribution is 5.31. The number of hydrogen-bond donors (Lipinski definition) is 0. The minimum Gasteiger partial charge on any atom is -0.497 e. The molecular formula is C16H16O2. The number of methoxy groups -OCH3 is 1. The van der Waals surface area contributed by atoms with Crippen LogP contribution in [-0.4, -0.2) is 13.2 Å². The van der Waals surface area contributed by atoms with Crippen molar-refractivity contribution in [3.8, 4) is 5.75 Å². The van der Waals surface area contributed by atoms with Gasteiger partial charge in [-0.05, 0) is 23.3 Å². The second-order valence-corrected chi connectivity index (χ2v) is 4.56. The van der Waals surface area contributed by atoms with Crippen LogP contribution in [0, 0.1) is 0 Å². The van der Waals surface area contributed by atoms with Crippen LogP contribution in [-0.2, 0) is 11.2 Å². The maximum atomic E-state index is 5.74. The second-order valence-electron chi connectivity index (χ2n) is 4.56. The molecule has 2 aromatic carbocycles. The molecule has 0 unspecified atom stereocenters. The van der Waals surface area contributed by atoms with Crippen LogP contribution in [0.5, 0.6) is 5.75 Å². The molecule has 1 saturated heterocycles. The molecule has 0 aromatic heterocycles. The van der Waals surface area contributed by atoms with Gasteiger partial charge in [0.1, 0.15) is 11.9 Å². The summed E-state index contributed by atoms with van der Waals surface area (Å²) >= 11 is 0. The van der Waals surface area contributed by atoms with Crippen molar-refractivity contribution >= 4 is 0 Å². The van der Waals surface area contributed by atoms with Gasteiger partial charge in [-0.15, -0.1) is 0 Å². The molecule has 0 bridgehead atoms. The molecule has 0 aliphatic carbocycles. The molecular weight excluding hydrogens is 226 g/mol. The van der Waals surface area contributed by atoms with Crippen LogP contribution in [0.15, 0.2) is 54.6 Å². The van der Waals surface area contributed by atoms with Crippen molar-refractivity contribution in [3.63, 3.8) is 0 Å². The van der Waals surface area contributed by atoms with Crippen molar-refractivity contribution < 1.29 is 9.47 Å². The largest absolute Gasteiger partial charge is 0.497 e. The molecule has 0 spiro atoms. The molecule has 2 aromatic rings. The SMILES string of the molecule is COc1ccc([C@H]2[18O][C@H]2Cc2ccccc2)cc1. The summed E-state index contributed by atoms with van der Waals surface area (Å²) in [6.07, 6.45) is 1.55. The van der Waals surface area contributed by atoms with Crippen molar-refractivity contribution in [1.82, 2.24) is 0 Å². The highest BCUT2D eigenvalue weighted by Gasteiger charge is 2.39. The van der Waals surface area contributed by atoms with E-state index in [-0.39, 0.29) is 6.10 Å². The Morgan fingerprint density at radius 3 is 2.39 bits per heavy atom. The molecule has 3 rings (SSSR count). The molecule has 0 N–H and O–H groups in total. The lowest BCUT2D eigenvalue weighted by atomic mass is 10.0. The fraction of sp³-hybridized carbons (Fsp3) is 0.250. The van der Waals surface area contributed by atoms with Gasteiger partial charge in [0.05, 0.1) is 13.2 Å². The van der Waals surface area contributed by atoms with Crippen LogP contribution in [0.2, 0.25) is 0 Å². The summed E-state index contributed by atoms with van der Waals surface area (Å²) in [5, 5.41) is 0. The third-order valence-electron chi connectivity index (χ3n) is 3.31. The second kappa shape index (κ2) is 4.83. The lowest BCUT2D eigenvalue weighted by molar-refractivity contribution is 0.372. The summed E-state index contributed by atoms with van der Waals surface area (Å²) in [5.41, 5.74) is 2.57. The molecule has 2 nitrogen and oxygen atoms in total. The molecule has 2 heteroatoms. The zero-order valence-corrected chi connectivity index (χ0v) is 10.4. The predicted octanol–water partition coefficient (Wildman–Crippen LogP) is 3.38. The lowest BCUT2D eigenvalue weighted by Crippen LogP contribution is -1.95. The molecule has 0 radical (unpaired) electrons. The summed E-state index contributed by atoms with van der Waals surface area (Å²) in [6, 6.07) is 18.6. The Hall–Kier alpha value is -1.80. The van der Waals surface area contributed by atoms with Crippen molar-refractivity contribution in [2.75, 3.05) is 7.11 Å². The number of epoxide rings is 1. The highest BCUT2D eigenvalue weighted by atomic mass is 18.4. The van der Waals surface area contributed by atoms with E-state index in [9.17, 15) is 0 Å². The van der Waals surface area contributed by atoms with Gasteiger partial charge in [0, 0.05) is 6.42 Å². The van der Waals surface area contributed by atoms with Gasteiger partial charge in [-0.2, -0.15) is 0 Å². The van der Waals surface area contributed by atoms with Crippen molar-refractivity contribution in [2.24, 2.45) is 0 Å². The predicted molar refractivity (Wildman–Crippen MR) is 70.8 cm³/mol. The quantitative estimate of drug-likeness (QED) is 0.605. The van der Waals surface area contributed by atoms with Crippen molar-refractivity contribution in [1.29, 1.82) is 0 Å². The Balaban J connectivity index is 1.63. The zero-order chi connectivity index (χ0) is 12.4. The van der Waals surface area contributed by atoms with Gasteiger partial charge in [-0.1, -0.05) is 42.5 Å². The Kier molecular flexibility index (Phi) is 3.03. The van der Waals surface area contributed by atoms with E-state index >= 15 is 0 Å². The van der Waals surface area contributed by atoms with Crippen LogP contribution in [0.1, 0.15) is 17.2 Å². The van der Waals surface area contributed by atoms with E-state index in [1.54, 1.807) is 7.11 Å². The summed E-state index contributed by atoms with van der Waals surface area (Å²) in [4.78, 5) is 0. The van der Waals surface area contributed by atoms with E-state index < -0.39 is 0 Å². The Bertz CT molecular complexity index is 504. The normalized spacial score (nSPS) is 21.6. The van der Waals surface area contributed by atoms with E-state index in [4.69, 9.17) is 9.47 Å². The lowest BCUT2D eigenvalue weighted by Gasteiger charge is -2.00. The summed E-state index contributed by atoms with van der Waals surface area (Å²) in [7, 11) is 1.68. The number of benzene rings is 2. The van der Waals surface area contributed by atoms with Crippen LogP contribution in [0.3, 0.4) is 0 Å². The third kappa shape index (κ3) is 2.39. The molecule has 2 atom stereocenters. The van der Waals surface area contributed by atoms with E-state index in [1.165, 1.54) is 11.1 Å². The van der Waals surface area contributed by atoms with Gasteiger partial charge < -0.3 is 9.47 Å². The average Bonchev–Trinajstić information content (AvgIpc) is 3.19. The monoisotopic (exact) mass is 242 g/mol. The van der Waals surface area contributed by atoms with Gasteiger partial charge in [0.2, 0.25) is 0 Å². The molecule has 1 aliphatic heterocycles. The van der Waals surface area contributed by atoms with E-state index in [0.717, 1.165) is 12.2 Å². The molecule has 1 heterocycles. The topological polar surface area (TPSA) is 21.8 Å². The first-order chi connectivity index (χ1) is 8.86. The first kappa shape index (κ1) is 11.3. The van der Waals surface area contributed by atoms with E-state index in [2.05, 4.69) is 36.4 Å². The zero-order valence-electron chi connectivity index (χ0n) is 10.4. The van der Waals surface area contributed by atoms with Crippen LogP contribution in [0.4, 0.5) is 0 Å². The maximum absolute atomic E-state index is 5.74. The highest BCUT2D eigenvalue weighted by Crippen LogP contribution is 2.40. The van der Waals surface area contributed by atoms with Crippen molar-refractivity contribution in [3.05, 3.63) is 65.7 Å². The molecule has 92 valence electrons. The molecule has 0 amide bonds. The van der Waals surface area contributed by atoms with Gasteiger partial charge >= 0.3 is 0 Å². The summed E-state index contributed by atoms with van der Waals surface area (Å²) < 4.78 is 10.9. The van der Waals surface area contributed by atoms with Gasteiger partial charge in [-0.25, -0.2) is 0 Å². The Labute approximate surface area is 107 Å². The fourth-order valence-electron chi connectivity index (χ4n) is 2.23. The summed E-state index contributed by atoms with van der Waals surface area (Å²) in [6.45, 7) is 0. The van der Waals surface area contributed by atoms with Crippen LogP contribution >= 0.6 is 0 Å². The van der Waals surface area contributed by atoms with Gasteiger partial charge in [-0.3, -0.25) is 0 Å². The number of rotatable bonds is 4. The summed E-state index contributed by atoms with van der Waals surface area (Å²) in [5.74, 6) is 0.888. The standard InChI is InChI=1S/C16H16O2/c1-17-14-9-7-13(8-10-14)16-15(18-16)11-12-5-3-2-4-6-12/h2-10,15-16H,11H2,1H3/t15-,16+/m0/s1/i18+2. The molecule has 1 aliphatic rings. The number of ether oxygens (including phenoxy) is 2. The molecule has 0 saturated carbocycles. The Morgan fingerprint density at radius 2 is 1.72 bits per heavy atom. The van der Waals surface area contributed by atoms with Crippen LogP contribution in [0.25, 0.3) is 0 Å². The fourth-order valence-corrected chi connectivity index (χ4v) is 2.23. The minimum atomic E-state index is 0.246. The smallest absolute Gasteiger partial charge is 0.118 e.